The maximum absolute atomic E-state index is 12.5. The van der Waals surface area contributed by atoms with Gasteiger partial charge in [0, 0.05) is 5.56 Å². The number of hydrogen-bond acceptors (Lipinski definition) is 4. The van der Waals surface area contributed by atoms with Crippen LogP contribution in [0.2, 0.25) is 5.02 Å². The van der Waals surface area contributed by atoms with Crippen molar-refractivity contribution in [3.63, 3.8) is 0 Å². The number of para-hydroxylation sites is 1. The van der Waals surface area contributed by atoms with Gasteiger partial charge in [0.1, 0.15) is 12.4 Å². The molecule has 6 heteroatoms. The second-order valence-corrected chi connectivity index (χ2v) is 6.35. The maximum Gasteiger partial charge on any atom is 0.337 e. The minimum Gasteiger partial charge on any atom is -0.489 e. The van der Waals surface area contributed by atoms with E-state index in [0.717, 1.165) is 11.3 Å². The molecule has 0 heterocycles. The molecule has 0 saturated heterocycles. The lowest BCUT2D eigenvalue weighted by molar-refractivity contribution is 0.0600. The molecule has 1 amide bonds. The second kappa shape index (κ2) is 9.06. The predicted octanol–water partition coefficient (Wildman–Crippen LogP) is 4.96. The van der Waals surface area contributed by atoms with Gasteiger partial charge in [0.05, 0.1) is 23.4 Å². The first-order valence-electron chi connectivity index (χ1n) is 8.53. The average Bonchev–Trinajstić information content (AvgIpc) is 2.74. The Balaban J connectivity index is 1.65. The van der Waals surface area contributed by atoms with Crippen molar-refractivity contribution in [1.82, 2.24) is 0 Å². The highest BCUT2D eigenvalue weighted by Crippen LogP contribution is 2.24. The number of nitrogens with one attached hydrogen (secondary N) is 1. The van der Waals surface area contributed by atoms with E-state index in [1.54, 1.807) is 12.1 Å². The molecular formula is C22H18ClNO4. The molecule has 0 bridgehead atoms. The number of ether oxygens (including phenoxy) is 2. The summed E-state index contributed by atoms with van der Waals surface area (Å²) in [5.41, 5.74) is 2.04. The molecule has 3 aromatic rings. The summed E-state index contributed by atoms with van der Waals surface area (Å²) in [6, 6.07) is 21.1. The second-order valence-electron chi connectivity index (χ2n) is 5.94. The van der Waals surface area contributed by atoms with Crippen LogP contribution in [0.1, 0.15) is 26.3 Å². The van der Waals surface area contributed by atoms with Crippen molar-refractivity contribution in [2.75, 3.05) is 12.4 Å². The van der Waals surface area contributed by atoms with Gasteiger partial charge in [-0.3, -0.25) is 4.79 Å². The summed E-state index contributed by atoms with van der Waals surface area (Å²) in [7, 11) is 1.29. The molecule has 0 saturated carbocycles. The largest absolute Gasteiger partial charge is 0.489 e. The molecule has 0 unspecified atom stereocenters. The third-order valence-electron chi connectivity index (χ3n) is 4.00. The molecule has 0 aromatic heterocycles. The van der Waals surface area contributed by atoms with Crippen LogP contribution < -0.4 is 10.1 Å². The number of anilines is 1. The lowest BCUT2D eigenvalue weighted by Crippen LogP contribution is -2.13. The molecule has 0 aliphatic rings. The van der Waals surface area contributed by atoms with Crippen molar-refractivity contribution in [2.45, 2.75) is 6.61 Å². The zero-order valence-electron chi connectivity index (χ0n) is 15.1. The third-order valence-corrected chi connectivity index (χ3v) is 4.33. The average molecular weight is 396 g/mol. The lowest BCUT2D eigenvalue weighted by Gasteiger charge is -2.10. The topological polar surface area (TPSA) is 64.6 Å². The summed E-state index contributed by atoms with van der Waals surface area (Å²) in [5, 5.41) is 3.04. The summed E-state index contributed by atoms with van der Waals surface area (Å²) in [6.07, 6.45) is 0. The zero-order valence-corrected chi connectivity index (χ0v) is 15.9. The quantitative estimate of drug-likeness (QED) is 0.599. The Bertz CT molecular complexity index is 972. The Morgan fingerprint density at radius 1 is 0.929 bits per heavy atom. The summed E-state index contributed by atoms with van der Waals surface area (Å²) < 4.78 is 10.4. The first-order valence-corrected chi connectivity index (χ1v) is 8.90. The first-order chi connectivity index (χ1) is 13.6. The Labute approximate surface area is 167 Å². The van der Waals surface area contributed by atoms with E-state index in [-0.39, 0.29) is 5.91 Å². The molecule has 5 nitrogen and oxygen atoms in total. The van der Waals surface area contributed by atoms with Crippen molar-refractivity contribution < 1.29 is 19.1 Å². The molecule has 1 N–H and O–H groups in total. The number of benzene rings is 3. The van der Waals surface area contributed by atoms with E-state index in [1.165, 1.54) is 25.3 Å². The van der Waals surface area contributed by atoms with Gasteiger partial charge in [0.2, 0.25) is 0 Å². The summed E-state index contributed by atoms with van der Waals surface area (Å²) >= 11 is 6.12. The highest BCUT2D eigenvalue weighted by atomic mass is 35.5. The van der Waals surface area contributed by atoms with E-state index < -0.39 is 5.97 Å². The lowest BCUT2D eigenvalue weighted by atomic mass is 10.1. The molecule has 0 aliphatic carbocycles. The van der Waals surface area contributed by atoms with E-state index in [9.17, 15) is 9.59 Å². The third kappa shape index (κ3) is 4.90. The van der Waals surface area contributed by atoms with Crippen molar-refractivity contribution in [2.24, 2.45) is 0 Å². The van der Waals surface area contributed by atoms with Crippen LogP contribution in [0.15, 0.2) is 72.8 Å². The number of amides is 1. The highest BCUT2D eigenvalue weighted by molar-refractivity contribution is 6.34. The number of carbonyl (C=O) groups is 2. The fourth-order valence-electron chi connectivity index (χ4n) is 2.50. The number of methoxy groups -OCH3 is 1. The molecule has 142 valence electrons. The van der Waals surface area contributed by atoms with Crippen LogP contribution >= 0.6 is 11.6 Å². The van der Waals surface area contributed by atoms with Crippen LogP contribution in [0, 0.1) is 0 Å². The van der Waals surface area contributed by atoms with Gasteiger partial charge in [0.15, 0.2) is 0 Å². The first kappa shape index (κ1) is 19.5. The van der Waals surface area contributed by atoms with Crippen molar-refractivity contribution in [3.8, 4) is 5.75 Å². The zero-order chi connectivity index (χ0) is 19.9. The van der Waals surface area contributed by atoms with E-state index in [0.29, 0.717) is 28.4 Å². The van der Waals surface area contributed by atoms with Gasteiger partial charge in [-0.05, 0) is 48.0 Å². The summed E-state index contributed by atoms with van der Waals surface area (Å²) in [5.74, 6) is -0.0566. The fraction of sp³-hybridized carbons (Fsp3) is 0.0909. The standard InChI is InChI=1S/C22H18ClNO4/c1-27-22(26)17-11-12-19(23)20(13-17)24-21(25)16-9-7-15(8-10-16)14-28-18-5-3-2-4-6-18/h2-13H,14H2,1H3,(H,24,25). The van der Waals surface area contributed by atoms with Gasteiger partial charge < -0.3 is 14.8 Å². The Morgan fingerprint density at radius 2 is 1.61 bits per heavy atom. The Hall–Kier alpha value is -3.31. The molecule has 3 rings (SSSR count). The molecule has 3 aromatic carbocycles. The maximum atomic E-state index is 12.5. The number of esters is 1. The smallest absolute Gasteiger partial charge is 0.337 e. The molecule has 0 atom stereocenters. The van der Waals surface area contributed by atoms with Crippen LogP contribution in [-0.2, 0) is 11.3 Å². The Kier molecular flexibility index (Phi) is 6.29. The van der Waals surface area contributed by atoms with Gasteiger partial charge in [-0.1, -0.05) is 41.9 Å². The van der Waals surface area contributed by atoms with Gasteiger partial charge in [-0.25, -0.2) is 4.79 Å². The summed E-state index contributed by atoms with van der Waals surface area (Å²) in [6.45, 7) is 0.402. The van der Waals surface area contributed by atoms with E-state index >= 15 is 0 Å². The SMILES string of the molecule is COC(=O)c1ccc(Cl)c(NC(=O)c2ccc(COc3ccccc3)cc2)c1. The minimum absolute atomic E-state index is 0.301. The molecule has 0 aliphatic heterocycles. The van der Waals surface area contributed by atoms with Crippen LogP contribution in [0.25, 0.3) is 0 Å². The van der Waals surface area contributed by atoms with Gasteiger partial charge in [-0.15, -0.1) is 0 Å². The fourth-order valence-corrected chi connectivity index (χ4v) is 2.66. The number of carbonyl (C=O) groups excluding carboxylic acids is 2. The number of rotatable bonds is 6. The van der Waals surface area contributed by atoms with Crippen molar-refractivity contribution in [3.05, 3.63) is 94.5 Å². The molecule has 0 fully saturated rings. The summed E-state index contributed by atoms with van der Waals surface area (Å²) in [4.78, 5) is 24.1. The van der Waals surface area contributed by atoms with Crippen LogP contribution in [0.3, 0.4) is 0 Å². The molecule has 0 spiro atoms. The van der Waals surface area contributed by atoms with Gasteiger partial charge in [0.25, 0.3) is 5.91 Å². The predicted molar refractivity (Wildman–Crippen MR) is 108 cm³/mol. The minimum atomic E-state index is -0.505. The van der Waals surface area contributed by atoms with Crippen LogP contribution in [0.4, 0.5) is 5.69 Å². The molecule has 0 radical (unpaired) electrons. The monoisotopic (exact) mass is 395 g/mol. The highest BCUT2D eigenvalue weighted by Gasteiger charge is 2.12. The van der Waals surface area contributed by atoms with Crippen molar-refractivity contribution >= 4 is 29.2 Å². The van der Waals surface area contributed by atoms with Crippen LogP contribution in [0.5, 0.6) is 5.75 Å². The Morgan fingerprint density at radius 3 is 2.29 bits per heavy atom. The van der Waals surface area contributed by atoms with Crippen molar-refractivity contribution in [1.29, 1.82) is 0 Å². The van der Waals surface area contributed by atoms with E-state index in [2.05, 4.69) is 10.1 Å². The molecule has 28 heavy (non-hydrogen) atoms. The number of hydrogen-bond donors (Lipinski definition) is 1. The van der Waals surface area contributed by atoms with Gasteiger partial charge in [-0.2, -0.15) is 0 Å². The normalized spacial score (nSPS) is 10.2. The number of halogens is 1. The molecular weight excluding hydrogens is 378 g/mol. The van der Waals surface area contributed by atoms with E-state index in [1.807, 2.05) is 42.5 Å². The van der Waals surface area contributed by atoms with Crippen LogP contribution in [-0.4, -0.2) is 19.0 Å². The van der Waals surface area contributed by atoms with E-state index in [4.69, 9.17) is 16.3 Å². The van der Waals surface area contributed by atoms with Gasteiger partial charge >= 0.3 is 5.97 Å².